The molecule has 1 saturated heterocycles. The van der Waals surface area contributed by atoms with Gasteiger partial charge in [0, 0.05) is 49.2 Å². The van der Waals surface area contributed by atoms with E-state index in [1.165, 1.54) is 41.4 Å². The third-order valence-electron chi connectivity index (χ3n) is 5.66. The van der Waals surface area contributed by atoms with E-state index in [1.54, 1.807) is 12.1 Å². The van der Waals surface area contributed by atoms with Crippen LogP contribution in [-0.2, 0) is 16.6 Å². The second-order valence-electron chi connectivity index (χ2n) is 7.75. The summed E-state index contributed by atoms with van der Waals surface area (Å²) in [4.78, 5) is 11.9. The van der Waals surface area contributed by atoms with Gasteiger partial charge in [0.25, 0.3) is 10.0 Å². The largest absolute Gasteiger partial charge is 0.369 e. The van der Waals surface area contributed by atoms with Crippen LogP contribution in [0.2, 0.25) is 0 Å². The number of anilines is 2. The molecule has 0 amide bonds. The average molecular weight is 480 g/mol. The zero-order valence-electron chi connectivity index (χ0n) is 17.6. The number of benzene rings is 1. The van der Waals surface area contributed by atoms with Crippen LogP contribution in [0, 0.1) is 18.6 Å². The molecule has 7 nitrogen and oxygen atoms in total. The highest BCUT2D eigenvalue weighted by Crippen LogP contribution is 2.29. The Hall–Kier alpha value is -2.63. The molecule has 1 aliphatic heterocycles. The molecule has 2 aromatic heterocycles. The predicted octanol–water partition coefficient (Wildman–Crippen LogP) is 3.64. The number of hydrogen-bond acceptors (Lipinski definition) is 7. The number of hydrogen-bond donors (Lipinski definition) is 1. The Kier molecular flexibility index (Phi) is 6.40. The Labute approximate surface area is 189 Å². The van der Waals surface area contributed by atoms with Gasteiger partial charge in [-0.05, 0) is 19.4 Å². The molecule has 3 aromatic rings. The normalized spacial score (nSPS) is 16.9. The van der Waals surface area contributed by atoms with Crippen LogP contribution in [0.5, 0.6) is 0 Å². The molecule has 1 N–H and O–H groups in total. The maximum Gasteiger partial charge on any atom is 0.283 e. The van der Waals surface area contributed by atoms with Crippen molar-refractivity contribution in [3.05, 3.63) is 64.1 Å². The second kappa shape index (κ2) is 9.08. The van der Waals surface area contributed by atoms with Gasteiger partial charge < -0.3 is 4.90 Å². The molecule has 0 bridgehead atoms. The van der Waals surface area contributed by atoms with Gasteiger partial charge in [-0.25, -0.2) is 18.7 Å². The summed E-state index contributed by atoms with van der Waals surface area (Å²) in [6.07, 6.45) is 2.20. The van der Waals surface area contributed by atoms with Crippen molar-refractivity contribution < 1.29 is 17.2 Å². The maximum atomic E-state index is 15.1. The number of pyridine rings is 1. The van der Waals surface area contributed by atoms with Gasteiger partial charge in [0.15, 0.2) is 11.6 Å². The fourth-order valence-corrected chi connectivity index (χ4v) is 5.50. The van der Waals surface area contributed by atoms with Crippen molar-refractivity contribution in [1.29, 1.82) is 0 Å². The van der Waals surface area contributed by atoms with Crippen LogP contribution in [0.25, 0.3) is 0 Å². The van der Waals surface area contributed by atoms with Crippen LogP contribution in [0.1, 0.15) is 17.5 Å². The van der Waals surface area contributed by atoms with E-state index in [0.29, 0.717) is 24.3 Å². The van der Waals surface area contributed by atoms with Crippen LogP contribution < -0.4 is 9.62 Å². The molecule has 1 fully saturated rings. The van der Waals surface area contributed by atoms with E-state index in [-0.39, 0.29) is 23.2 Å². The van der Waals surface area contributed by atoms with Crippen molar-refractivity contribution in [2.45, 2.75) is 31.0 Å². The number of aromatic nitrogens is 2. The molecule has 1 aliphatic rings. The fraction of sp³-hybridized carbons (Fsp3) is 0.333. The SMILES string of the molecule is Cc1c(N(C)C2CCN(Cc3ccccc3F)C2)cnc(S(=O)(=O)Nc2cscn2)c1F. The Bertz CT molecular complexity index is 1200. The minimum absolute atomic E-state index is 0.0669. The summed E-state index contributed by atoms with van der Waals surface area (Å²) in [5.41, 5.74) is 2.84. The lowest BCUT2D eigenvalue weighted by molar-refractivity contribution is 0.320. The summed E-state index contributed by atoms with van der Waals surface area (Å²) < 4.78 is 56.4. The Morgan fingerprint density at radius 2 is 2.06 bits per heavy atom. The van der Waals surface area contributed by atoms with E-state index in [2.05, 4.69) is 19.6 Å². The van der Waals surface area contributed by atoms with Crippen molar-refractivity contribution in [2.24, 2.45) is 0 Å². The summed E-state index contributed by atoms with van der Waals surface area (Å²) in [5, 5.41) is 0.852. The number of sulfonamides is 1. The molecule has 0 saturated carbocycles. The molecular formula is C21H23F2N5O2S2. The van der Waals surface area contributed by atoms with Crippen LogP contribution in [0.15, 0.2) is 46.4 Å². The number of nitrogens with one attached hydrogen (secondary N) is 1. The smallest absolute Gasteiger partial charge is 0.283 e. The Morgan fingerprint density at radius 1 is 1.28 bits per heavy atom. The lowest BCUT2D eigenvalue weighted by atomic mass is 10.1. The highest BCUT2D eigenvalue weighted by atomic mass is 32.2. The van der Waals surface area contributed by atoms with Crippen molar-refractivity contribution >= 4 is 32.9 Å². The Morgan fingerprint density at radius 3 is 2.78 bits per heavy atom. The molecule has 32 heavy (non-hydrogen) atoms. The number of likely N-dealkylation sites (N-methyl/N-ethyl adjacent to an activating group) is 1. The van der Waals surface area contributed by atoms with Crippen molar-refractivity contribution in [1.82, 2.24) is 14.9 Å². The van der Waals surface area contributed by atoms with Crippen molar-refractivity contribution in [3.8, 4) is 0 Å². The lowest BCUT2D eigenvalue weighted by Crippen LogP contribution is -2.35. The predicted molar refractivity (Wildman–Crippen MR) is 120 cm³/mol. The van der Waals surface area contributed by atoms with Crippen molar-refractivity contribution in [2.75, 3.05) is 29.8 Å². The van der Waals surface area contributed by atoms with E-state index in [9.17, 15) is 12.8 Å². The first-order valence-corrected chi connectivity index (χ1v) is 12.4. The van der Waals surface area contributed by atoms with Crippen LogP contribution in [0.4, 0.5) is 20.3 Å². The summed E-state index contributed by atoms with van der Waals surface area (Å²) in [7, 11) is -2.36. The van der Waals surface area contributed by atoms with Gasteiger partial charge in [-0.15, -0.1) is 11.3 Å². The molecule has 0 aliphatic carbocycles. The second-order valence-corrected chi connectivity index (χ2v) is 10.1. The van der Waals surface area contributed by atoms with Gasteiger partial charge in [0.2, 0.25) is 5.03 Å². The zero-order chi connectivity index (χ0) is 22.9. The Balaban J connectivity index is 1.49. The zero-order valence-corrected chi connectivity index (χ0v) is 19.3. The van der Waals surface area contributed by atoms with E-state index in [0.717, 1.165) is 13.0 Å². The maximum absolute atomic E-state index is 15.1. The van der Waals surface area contributed by atoms with Gasteiger partial charge >= 0.3 is 0 Å². The minimum atomic E-state index is -4.20. The molecule has 1 atom stereocenters. The molecule has 1 aromatic carbocycles. The van der Waals surface area contributed by atoms with Gasteiger partial charge in [0.1, 0.15) is 5.82 Å². The number of thiazole rings is 1. The summed E-state index contributed by atoms with van der Waals surface area (Å²) in [6.45, 7) is 3.50. The number of likely N-dealkylation sites (tertiary alicyclic amines) is 1. The van der Waals surface area contributed by atoms with E-state index in [4.69, 9.17) is 0 Å². The third kappa shape index (κ3) is 4.59. The monoisotopic (exact) mass is 479 g/mol. The number of halogens is 2. The van der Waals surface area contributed by atoms with Crippen LogP contribution in [-0.4, -0.2) is 49.5 Å². The molecule has 170 valence electrons. The molecule has 3 heterocycles. The quantitative estimate of drug-likeness (QED) is 0.558. The summed E-state index contributed by atoms with van der Waals surface area (Å²) >= 11 is 1.22. The van der Waals surface area contributed by atoms with Crippen molar-refractivity contribution in [3.63, 3.8) is 0 Å². The highest BCUT2D eigenvalue weighted by molar-refractivity contribution is 7.92. The van der Waals surface area contributed by atoms with Gasteiger partial charge in [0.05, 0.1) is 17.4 Å². The standard InChI is InChI=1S/C21H23F2N5O2S2/c1-14-18(9-24-21(20(14)23)32(29,30)26-19-12-31-13-25-19)27(2)16-7-8-28(11-16)10-15-5-3-4-6-17(15)22/h3-6,9,12-13,16,26H,7-8,10-11H2,1-2H3. The summed E-state index contributed by atoms with van der Waals surface area (Å²) in [5.74, 6) is -0.997. The van der Waals surface area contributed by atoms with Gasteiger partial charge in [-0.2, -0.15) is 8.42 Å². The van der Waals surface area contributed by atoms with Crippen LogP contribution in [0.3, 0.4) is 0 Å². The summed E-state index contributed by atoms with van der Waals surface area (Å²) in [6, 6.07) is 6.77. The molecule has 0 radical (unpaired) electrons. The van der Waals surface area contributed by atoms with E-state index in [1.807, 2.05) is 18.0 Å². The molecule has 0 spiro atoms. The first-order chi connectivity index (χ1) is 15.3. The highest BCUT2D eigenvalue weighted by Gasteiger charge is 2.30. The third-order valence-corrected chi connectivity index (χ3v) is 7.52. The molecule has 11 heteroatoms. The minimum Gasteiger partial charge on any atom is -0.369 e. The first kappa shape index (κ1) is 22.6. The molecule has 1 unspecified atom stereocenters. The topological polar surface area (TPSA) is 78.4 Å². The average Bonchev–Trinajstić information content (AvgIpc) is 3.43. The van der Waals surface area contributed by atoms with E-state index >= 15 is 4.39 Å². The van der Waals surface area contributed by atoms with E-state index < -0.39 is 20.9 Å². The van der Waals surface area contributed by atoms with Gasteiger partial charge in [-0.3, -0.25) is 9.62 Å². The molecule has 4 rings (SSSR count). The fourth-order valence-electron chi connectivity index (χ4n) is 3.87. The van der Waals surface area contributed by atoms with Crippen LogP contribution >= 0.6 is 11.3 Å². The number of rotatable bonds is 7. The molecular weight excluding hydrogens is 456 g/mol. The van der Waals surface area contributed by atoms with Gasteiger partial charge in [-0.1, -0.05) is 18.2 Å². The first-order valence-electron chi connectivity index (χ1n) is 10.0. The number of nitrogens with zero attached hydrogens (tertiary/aromatic N) is 4. The lowest BCUT2D eigenvalue weighted by Gasteiger charge is -2.28.